The van der Waals surface area contributed by atoms with Gasteiger partial charge in [-0.15, -0.1) is 5.10 Å². The van der Waals surface area contributed by atoms with Crippen molar-refractivity contribution in [3.8, 4) is 0 Å². The van der Waals surface area contributed by atoms with Crippen LogP contribution in [0, 0.1) is 0 Å². The van der Waals surface area contributed by atoms with Crippen molar-refractivity contribution in [2.24, 2.45) is 5.10 Å². The minimum absolute atomic E-state index is 0.121. The zero-order chi connectivity index (χ0) is 9.84. The van der Waals surface area contributed by atoms with Gasteiger partial charge in [0.25, 0.3) is 0 Å². The second-order valence-electron chi connectivity index (χ2n) is 2.65. The Morgan fingerprint density at radius 2 is 2.46 bits per heavy atom. The molecule has 1 aromatic heterocycles. The highest BCUT2D eigenvalue weighted by atomic mass is 16.4. The van der Waals surface area contributed by atoms with Crippen molar-refractivity contribution >= 4 is 12.3 Å². The zero-order valence-corrected chi connectivity index (χ0v) is 7.38. The van der Waals surface area contributed by atoms with Crippen LogP contribution in [0.2, 0.25) is 0 Å². The van der Waals surface area contributed by atoms with Crippen molar-refractivity contribution < 1.29 is 9.90 Å². The van der Waals surface area contributed by atoms with E-state index in [1.807, 2.05) is 14.1 Å². The summed E-state index contributed by atoms with van der Waals surface area (Å²) in [6.07, 6.45) is 4.11. The first-order valence-corrected chi connectivity index (χ1v) is 3.58. The summed E-state index contributed by atoms with van der Waals surface area (Å²) in [6, 6.07) is 0. The Hall–Kier alpha value is -1.85. The van der Waals surface area contributed by atoms with Crippen molar-refractivity contribution in [3.05, 3.63) is 18.0 Å². The van der Waals surface area contributed by atoms with Crippen LogP contribution in [0.1, 0.15) is 10.4 Å². The molecule has 0 bridgehead atoms. The Morgan fingerprint density at radius 3 is 2.92 bits per heavy atom. The van der Waals surface area contributed by atoms with Crippen LogP contribution in [0.4, 0.5) is 0 Å². The summed E-state index contributed by atoms with van der Waals surface area (Å²) >= 11 is 0. The Labute approximate surface area is 75.1 Å². The predicted molar refractivity (Wildman–Crippen MR) is 46.8 cm³/mol. The molecule has 0 amide bonds. The van der Waals surface area contributed by atoms with Gasteiger partial charge in [-0.1, -0.05) is 0 Å². The van der Waals surface area contributed by atoms with Gasteiger partial charge >= 0.3 is 5.97 Å². The summed E-state index contributed by atoms with van der Waals surface area (Å²) in [5, 5.41) is 16.1. The van der Waals surface area contributed by atoms with Gasteiger partial charge in [0.15, 0.2) is 0 Å². The summed E-state index contributed by atoms with van der Waals surface area (Å²) in [6.45, 7) is 0. The third-order valence-corrected chi connectivity index (χ3v) is 1.22. The lowest BCUT2D eigenvalue weighted by atomic mass is 10.4. The molecule has 0 fully saturated rings. The third kappa shape index (κ3) is 2.58. The van der Waals surface area contributed by atoms with E-state index in [4.69, 9.17) is 5.11 Å². The van der Waals surface area contributed by atoms with Crippen LogP contribution in [0.5, 0.6) is 0 Å². The lowest BCUT2D eigenvalue weighted by molar-refractivity contribution is 0.0697. The number of hydrogen-bond donors (Lipinski definition) is 1. The van der Waals surface area contributed by atoms with Crippen molar-refractivity contribution in [1.29, 1.82) is 0 Å². The van der Waals surface area contributed by atoms with Gasteiger partial charge in [-0.2, -0.15) is 9.89 Å². The summed E-state index contributed by atoms with van der Waals surface area (Å²) < 4.78 is 0. The molecule has 1 heterocycles. The van der Waals surface area contributed by atoms with Crippen LogP contribution in [0.25, 0.3) is 0 Å². The molecule has 6 heteroatoms. The first-order valence-electron chi connectivity index (χ1n) is 3.58. The van der Waals surface area contributed by atoms with Gasteiger partial charge in [0.2, 0.25) is 0 Å². The van der Waals surface area contributed by atoms with Crippen LogP contribution in [0.15, 0.2) is 17.5 Å². The Balaban J connectivity index is 2.75. The molecule has 6 nitrogen and oxygen atoms in total. The molecule has 1 rings (SSSR count). The van der Waals surface area contributed by atoms with E-state index >= 15 is 0 Å². The van der Waals surface area contributed by atoms with Gasteiger partial charge in [0.1, 0.15) is 6.34 Å². The number of carboxylic acids is 1. The van der Waals surface area contributed by atoms with Gasteiger partial charge in [-0.3, -0.25) is 0 Å². The second kappa shape index (κ2) is 3.70. The molecule has 0 radical (unpaired) electrons. The Bertz CT molecular complexity index is 329. The molecule has 0 aromatic carbocycles. The largest absolute Gasteiger partial charge is 0.478 e. The van der Waals surface area contributed by atoms with Crippen molar-refractivity contribution in [1.82, 2.24) is 14.8 Å². The minimum Gasteiger partial charge on any atom is -0.478 e. The maximum absolute atomic E-state index is 10.4. The van der Waals surface area contributed by atoms with Gasteiger partial charge in [0.05, 0.1) is 18.0 Å². The first-order chi connectivity index (χ1) is 6.09. The molecule has 13 heavy (non-hydrogen) atoms. The SMILES string of the molecule is CN(C)C=Nn1cc(C(=O)O)cn1. The van der Waals surface area contributed by atoms with Gasteiger partial charge in [-0.05, 0) is 0 Å². The molecule has 0 unspecified atom stereocenters. The standard InChI is InChI=1S/C7H10N4O2/c1-10(2)5-9-11-4-6(3-8-11)7(12)13/h3-5H,1-2H3,(H,12,13). The highest BCUT2D eigenvalue weighted by Crippen LogP contribution is 1.96. The van der Waals surface area contributed by atoms with E-state index in [0.717, 1.165) is 0 Å². The first kappa shape index (κ1) is 9.24. The quantitative estimate of drug-likeness (QED) is 0.525. The number of rotatable bonds is 3. The van der Waals surface area contributed by atoms with E-state index in [1.165, 1.54) is 23.5 Å². The molecule has 0 atom stereocenters. The fourth-order valence-electron chi connectivity index (χ4n) is 0.642. The van der Waals surface area contributed by atoms with Crippen LogP contribution in [-0.4, -0.2) is 46.3 Å². The number of aromatic carboxylic acids is 1. The second-order valence-corrected chi connectivity index (χ2v) is 2.65. The number of carbonyl (C=O) groups is 1. The average molecular weight is 182 g/mol. The van der Waals surface area contributed by atoms with E-state index in [9.17, 15) is 4.79 Å². The normalized spacial score (nSPS) is 10.6. The molecule has 0 aliphatic heterocycles. The smallest absolute Gasteiger partial charge is 0.338 e. The van der Waals surface area contributed by atoms with Crippen LogP contribution >= 0.6 is 0 Å². The van der Waals surface area contributed by atoms with Gasteiger partial charge in [-0.25, -0.2) is 4.79 Å². The van der Waals surface area contributed by atoms with Crippen molar-refractivity contribution in [2.45, 2.75) is 0 Å². The molecule has 0 aliphatic rings. The van der Waals surface area contributed by atoms with E-state index in [-0.39, 0.29) is 5.56 Å². The summed E-state index contributed by atoms with van der Waals surface area (Å²) in [4.78, 5) is 13.4. The predicted octanol–water partition coefficient (Wildman–Crippen LogP) is -0.0657. The summed E-state index contributed by atoms with van der Waals surface area (Å²) in [5.41, 5.74) is 0.121. The highest BCUT2D eigenvalue weighted by Gasteiger charge is 2.04. The number of carboxylic acid groups (broad SMARTS) is 1. The summed E-state index contributed by atoms with van der Waals surface area (Å²) in [5.74, 6) is -1.01. The minimum atomic E-state index is -1.01. The van der Waals surface area contributed by atoms with Crippen LogP contribution in [-0.2, 0) is 0 Å². The van der Waals surface area contributed by atoms with Gasteiger partial charge < -0.3 is 10.0 Å². The fourth-order valence-corrected chi connectivity index (χ4v) is 0.642. The molecule has 0 spiro atoms. The summed E-state index contributed by atoms with van der Waals surface area (Å²) in [7, 11) is 3.62. The average Bonchev–Trinajstić information content (AvgIpc) is 2.48. The topological polar surface area (TPSA) is 70.7 Å². The van der Waals surface area contributed by atoms with Gasteiger partial charge in [0, 0.05) is 14.1 Å². The molecule has 0 saturated heterocycles. The fraction of sp³-hybridized carbons (Fsp3) is 0.286. The number of nitrogens with zero attached hydrogens (tertiary/aromatic N) is 4. The van der Waals surface area contributed by atoms with E-state index in [1.54, 1.807) is 4.90 Å². The number of aromatic nitrogens is 2. The molecular formula is C7H10N4O2. The van der Waals surface area contributed by atoms with E-state index < -0.39 is 5.97 Å². The molecule has 1 N–H and O–H groups in total. The highest BCUT2D eigenvalue weighted by molar-refractivity contribution is 5.86. The lowest BCUT2D eigenvalue weighted by Crippen LogP contribution is -2.09. The Kier molecular flexibility index (Phi) is 2.63. The lowest BCUT2D eigenvalue weighted by Gasteiger charge is -2.00. The van der Waals surface area contributed by atoms with Crippen LogP contribution < -0.4 is 0 Å². The maximum Gasteiger partial charge on any atom is 0.338 e. The van der Waals surface area contributed by atoms with Crippen LogP contribution in [0.3, 0.4) is 0 Å². The zero-order valence-electron chi connectivity index (χ0n) is 7.38. The molecule has 0 saturated carbocycles. The van der Waals surface area contributed by atoms with Crippen molar-refractivity contribution in [3.63, 3.8) is 0 Å². The third-order valence-electron chi connectivity index (χ3n) is 1.22. The Morgan fingerprint density at radius 1 is 1.77 bits per heavy atom. The monoisotopic (exact) mass is 182 g/mol. The van der Waals surface area contributed by atoms with Crippen molar-refractivity contribution in [2.75, 3.05) is 14.1 Å². The maximum atomic E-state index is 10.4. The molecular weight excluding hydrogens is 172 g/mol. The number of hydrogen-bond acceptors (Lipinski definition) is 3. The molecule has 1 aromatic rings. The van der Waals surface area contributed by atoms with E-state index in [2.05, 4.69) is 10.2 Å². The molecule has 0 aliphatic carbocycles. The van der Waals surface area contributed by atoms with E-state index in [0.29, 0.717) is 0 Å². The molecule has 70 valence electrons.